The number of nitrogens with zero attached hydrogens (tertiary/aromatic N) is 1. The van der Waals surface area contributed by atoms with E-state index >= 15 is 0 Å². The number of methoxy groups -OCH3 is 1. The van der Waals surface area contributed by atoms with Gasteiger partial charge in [-0.25, -0.2) is 5.43 Å². The van der Waals surface area contributed by atoms with E-state index in [1.807, 2.05) is 18.2 Å². The molecular weight excluding hydrogens is 447 g/mol. The minimum Gasteiger partial charge on any atom is -0.496 e. The molecule has 1 N–H and O–H groups in total. The molecule has 25 heavy (non-hydrogen) atoms. The summed E-state index contributed by atoms with van der Waals surface area (Å²) in [4.78, 5) is 11.9. The first kappa shape index (κ1) is 20.1. The maximum atomic E-state index is 11.9. The van der Waals surface area contributed by atoms with Crippen LogP contribution >= 0.6 is 50.9 Å². The van der Waals surface area contributed by atoms with Gasteiger partial charge in [0.25, 0.3) is 0 Å². The Morgan fingerprint density at radius 3 is 2.72 bits per heavy atom. The summed E-state index contributed by atoms with van der Waals surface area (Å²) in [5.41, 5.74) is 4.07. The summed E-state index contributed by atoms with van der Waals surface area (Å²) in [6.45, 7) is 0. The lowest BCUT2D eigenvalue weighted by atomic mass is 10.2. The fourth-order valence-electron chi connectivity index (χ4n) is 1.93. The lowest BCUT2D eigenvalue weighted by Gasteiger charge is -2.06. The van der Waals surface area contributed by atoms with Crippen molar-refractivity contribution in [3.05, 3.63) is 62.0 Å². The summed E-state index contributed by atoms with van der Waals surface area (Å²) in [5, 5.41) is 5.16. The molecule has 0 atom stereocenters. The van der Waals surface area contributed by atoms with E-state index in [4.69, 9.17) is 27.9 Å². The van der Waals surface area contributed by atoms with Crippen molar-refractivity contribution in [3.63, 3.8) is 0 Å². The SMILES string of the molecule is COc1ccc(Br)cc1/C=N\NC(=O)CSCc1c(Cl)cccc1Cl. The molecule has 0 aromatic heterocycles. The Labute approximate surface area is 169 Å². The number of carbonyl (C=O) groups excluding carboxylic acids is 1. The predicted molar refractivity (Wildman–Crippen MR) is 109 cm³/mol. The van der Waals surface area contributed by atoms with Gasteiger partial charge in [-0.2, -0.15) is 5.10 Å². The van der Waals surface area contributed by atoms with Gasteiger partial charge in [-0.1, -0.05) is 45.2 Å². The number of amides is 1. The van der Waals surface area contributed by atoms with Crippen molar-refractivity contribution in [3.8, 4) is 5.75 Å². The van der Waals surface area contributed by atoms with E-state index in [9.17, 15) is 4.79 Å². The van der Waals surface area contributed by atoms with Crippen LogP contribution in [0.1, 0.15) is 11.1 Å². The number of hydrogen-bond donors (Lipinski definition) is 1. The second-order valence-electron chi connectivity index (χ2n) is 4.87. The van der Waals surface area contributed by atoms with E-state index < -0.39 is 0 Å². The van der Waals surface area contributed by atoms with Crippen molar-refractivity contribution in [2.75, 3.05) is 12.9 Å². The Morgan fingerprint density at radius 2 is 2.04 bits per heavy atom. The van der Waals surface area contributed by atoms with Crippen molar-refractivity contribution in [1.82, 2.24) is 5.43 Å². The highest BCUT2D eigenvalue weighted by Gasteiger charge is 2.07. The van der Waals surface area contributed by atoms with Gasteiger partial charge in [0, 0.05) is 25.8 Å². The highest BCUT2D eigenvalue weighted by molar-refractivity contribution is 9.10. The quantitative estimate of drug-likeness (QED) is 0.458. The Balaban J connectivity index is 1.84. The van der Waals surface area contributed by atoms with Crippen LogP contribution in [-0.2, 0) is 10.5 Å². The van der Waals surface area contributed by atoms with Gasteiger partial charge >= 0.3 is 0 Å². The summed E-state index contributed by atoms with van der Waals surface area (Å²) in [6, 6.07) is 10.9. The summed E-state index contributed by atoms with van der Waals surface area (Å²) in [6.07, 6.45) is 1.54. The molecule has 0 fully saturated rings. The number of carbonyl (C=O) groups is 1. The molecule has 1 amide bonds. The molecular formula is C17H15BrCl2N2O2S. The molecule has 0 saturated carbocycles. The second-order valence-corrected chi connectivity index (χ2v) is 7.59. The zero-order valence-corrected chi connectivity index (χ0v) is 17.2. The molecule has 4 nitrogen and oxygen atoms in total. The molecule has 0 aliphatic carbocycles. The van der Waals surface area contributed by atoms with Crippen LogP contribution in [0.25, 0.3) is 0 Å². The average molecular weight is 462 g/mol. The number of thioether (sulfide) groups is 1. The molecule has 0 bridgehead atoms. The monoisotopic (exact) mass is 460 g/mol. The first-order valence-electron chi connectivity index (χ1n) is 7.17. The van der Waals surface area contributed by atoms with Gasteiger partial charge in [-0.3, -0.25) is 4.79 Å². The van der Waals surface area contributed by atoms with Gasteiger partial charge < -0.3 is 4.74 Å². The number of nitrogens with one attached hydrogen (secondary N) is 1. The molecule has 132 valence electrons. The van der Waals surface area contributed by atoms with Crippen LogP contribution in [0.2, 0.25) is 10.0 Å². The molecule has 0 heterocycles. The molecule has 0 saturated heterocycles. The zero-order valence-electron chi connectivity index (χ0n) is 13.3. The standard InChI is InChI=1S/C17H15BrCl2N2O2S/c1-24-16-6-5-12(18)7-11(16)8-21-22-17(23)10-25-9-13-14(19)3-2-4-15(13)20/h2-8H,9-10H2,1H3,(H,22,23)/b21-8-. The molecule has 0 radical (unpaired) electrons. The summed E-state index contributed by atoms with van der Waals surface area (Å²) >= 11 is 17.0. The summed E-state index contributed by atoms with van der Waals surface area (Å²) in [5.74, 6) is 1.26. The maximum Gasteiger partial charge on any atom is 0.250 e. The van der Waals surface area contributed by atoms with Crippen LogP contribution in [0, 0.1) is 0 Å². The van der Waals surface area contributed by atoms with E-state index in [1.165, 1.54) is 18.0 Å². The van der Waals surface area contributed by atoms with Crippen molar-refractivity contribution in [2.24, 2.45) is 5.10 Å². The van der Waals surface area contributed by atoms with E-state index in [0.29, 0.717) is 21.5 Å². The highest BCUT2D eigenvalue weighted by atomic mass is 79.9. The minimum absolute atomic E-state index is 0.210. The fourth-order valence-corrected chi connectivity index (χ4v) is 3.86. The van der Waals surface area contributed by atoms with Crippen LogP contribution in [0.3, 0.4) is 0 Å². The molecule has 2 rings (SSSR count). The van der Waals surface area contributed by atoms with E-state index in [0.717, 1.165) is 15.6 Å². The predicted octanol–water partition coefficient (Wildman–Crippen LogP) is 5.15. The minimum atomic E-state index is -0.210. The third kappa shape index (κ3) is 6.22. The first-order valence-corrected chi connectivity index (χ1v) is 9.87. The maximum absolute atomic E-state index is 11.9. The highest BCUT2D eigenvalue weighted by Crippen LogP contribution is 2.28. The van der Waals surface area contributed by atoms with Crippen molar-refractivity contribution >= 4 is 63.0 Å². The van der Waals surface area contributed by atoms with Crippen molar-refractivity contribution < 1.29 is 9.53 Å². The Bertz CT molecular complexity index is 767. The molecule has 8 heteroatoms. The van der Waals surface area contributed by atoms with E-state index in [2.05, 4.69) is 26.5 Å². The van der Waals surface area contributed by atoms with E-state index in [-0.39, 0.29) is 11.7 Å². The normalized spacial score (nSPS) is 10.9. The van der Waals surface area contributed by atoms with Crippen LogP contribution in [-0.4, -0.2) is 25.0 Å². The number of ether oxygens (including phenoxy) is 1. The van der Waals surface area contributed by atoms with Crippen LogP contribution < -0.4 is 10.2 Å². The Kier molecular flexibility index (Phi) is 8.09. The number of hydrogen-bond acceptors (Lipinski definition) is 4. The molecule has 2 aromatic carbocycles. The molecule has 2 aromatic rings. The first-order chi connectivity index (χ1) is 12.0. The second kappa shape index (κ2) is 10.1. The number of hydrazone groups is 1. The fraction of sp³-hybridized carbons (Fsp3) is 0.176. The van der Waals surface area contributed by atoms with Gasteiger partial charge in [0.1, 0.15) is 5.75 Å². The third-order valence-corrected chi connectivity index (χ3v) is 5.29. The van der Waals surface area contributed by atoms with Gasteiger partial charge in [0.15, 0.2) is 0 Å². The molecule has 0 aliphatic rings. The molecule has 0 unspecified atom stereocenters. The van der Waals surface area contributed by atoms with Crippen molar-refractivity contribution in [2.45, 2.75) is 5.75 Å². The lowest BCUT2D eigenvalue weighted by Crippen LogP contribution is -2.19. The Hall–Kier alpha value is -1.21. The third-order valence-electron chi connectivity index (χ3n) is 3.13. The number of halogens is 3. The topological polar surface area (TPSA) is 50.7 Å². The number of rotatable bonds is 7. The van der Waals surface area contributed by atoms with Crippen LogP contribution in [0.15, 0.2) is 46.0 Å². The molecule has 0 spiro atoms. The summed E-state index contributed by atoms with van der Waals surface area (Å²) < 4.78 is 6.14. The van der Waals surface area contributed by atoms with Crippen LogP contribution in [0.4, 0.5) is 0 Å². The largest absolute Gasteiger partial charge is 0.496 e. The van der Waals surface area contributed by atoms with Gasteiger partial charge in [-0.05, 0) is 35.9 Å². The average Bonchev–Trinajstić information content (AvgIpc) is 2.58. The van der Waals surface area contributed by atoms with Gasteiger partial charge in [0.2, 0.25) is 5.91 Å². The smallest absolute Gasteiger partial charge is 0.250 e. The van der Waals surface area contributed by atoms with E-state index in [1.54, 1.807) is 25.3 Å². The Morgan fingerprint density at radius 1 is 1.32 bits per heavy atom. The lowest BCUT2D eigenvalue weighted by molar-refractivity contribution is -0.118. The van der Waals surface area contributed by atoms with Crippen molar-refractivity contribution in [1.29, 1.82) is 0 Å². The summed E-state index contributed by atoms with van der Waals surface area (Å²) in [7, 11) is 1.58. The number of benzene rings is 2. The molecule has 0 aliphatic heterocycles. The zero-order chi connectivity index (χ0) is 18.2. The van der Waals surface area contributed by atoms with Crippen LogP contribution in [0.5, 0.6) is 5.75 Å². The van der Waals surface area contributed by atoms with Gasteiger partial charge in [-0.15, -0.1) is 11.8 Å². The van der Waals surface area contributed by atoms with Gasteiger partial charge in [0.05, 0.1) is 19.1 Å².